The predicted octanol–water partition coefficient (Wildman–Crippen LogP) is 5.70. The van der Waals surface area contributed by atoms with Gasteiger partial charge in [0.15, 0.2) is 0 Å². The Kier molecular flexibility index (Phi) is 8.70. The van der Waals surface area contributed by atoms with Crippen LogP contribution in [0, 0.1) is 0 Å². The summed E-state index contributed by atoms with van der Waals surface area (Å²) in [6.45, 7) is 7.73. The van der Waals surface area contributed by atoms with Gasteiger partial charge in [0.05, 0.1) is 17.1 Å². The van der Waals surface area contributed by atoms with E-state index in [2.05, 4.69) is 20.8 Å². The van der Waals surface area contributed by atoms with Crippen LogP contribution in [0.1, 0.15) is 43.2 Å². The smallest absolute Gasteiger partial charge is 0.416 e. The molecule has 1 aliphatic heterocycles. The van der Waals surface area contributed by atoms with Crippen molar-refractivity contribution in [2.75, 3.05) is 26.2 Å². The first-order valence-corrected chi connectivity index (χ1v) is 14.4. The fraction of sp³-hybridized carbons (Fsp3) is 0.393. The predicted molar refractivity (Wildman–Crippen MR) is 145 cm³/mol. The summed E-state index contributed by atoms with van der Waals surface area (Å²) in [6, 6.07) is 11.5. The Morgan fingerprint density at radius 2 is 1.57 bits per heavy atom. The molecule has 0 unspecified atom stereocenters. The minimum absolute atomic E-state index is 0.0387. The Balaban J connectivity index is 1.32. The number of piperazine rings is 1. The molecule has 0 saturated carbocycles. The monoisotopic (exact) mass is 598 g/mol. The maximum Gasteiger partial charge on any atom is 0.416 e. The van der Waals surface area contributed by atoms with Gasteiger partial charge in [-0.1, -0.05) is 56.6 Å². The van der Waals surface area contributed by atoms with E-state index in [0.29, 0.717) is 31.0 Å². The average molecular weight is 599 g/mol. The molecule has 1 aliphatic rings. The standard InChI is InChI=1S/C28H30ClF3N2O5S/c1-27(2,3)20-6-4-19(5-7-20)17-39-25-18-38-22(15-24(25)35)16-33-10-12-34(13-11-33)40(36,37)26-9-8-21(14-23(26)29)28(30,31)32/h4-9,14-15,18H,10-13,16-17H2,1-3H3. The zero-order valence-corrected chi connectivity index (χ0v) is 23.9. The molecule has 0 amide bonds. The third-order valence-electron chi connectivity index (χ3n) is 6.65. The summed E-state index contributed by atoms with van der Waals surface area (Å²) >= 11 is 5.91. The van der Waals surface area contributed by atoms with Crippen molar-refractivity contribution in [2.24, 2.45) is 0 Å². The number of sulfonamides is 1. The van der Waals surface area contributed by atoms with Crippen molar-refractivity contribution in [2.45, 2.75) is 50.4 Å². The molecular formula is C28H30ClF3N2O5S. The lowest BCUT2D eigenvalue weighted by atomic mass is 9.87. The van der Waals surface area contributed by atoms with E-state index in [0.717, 1.165) is 11.6 Å². The van der Waals surface area contributed by atoms with Crippen LogP contribution in [-0.2, 0) is 34.8 Å². The van der Waals surface area contributed by atoms with Crippen LogP contribution >= 0.6 is 11.6 Å². The van der Waals surface area contributed by atoms with Gasteiger partial charge in [0.1, 0.15) is 23.5 Å². The van der Waals surface area contributed by atoms with E-state index in [4.69, 9.17) is 20.8 Å². The highest BCUT2D eigenvalue weighted by Gasteiger charge is 2.34. The third-order valence-corrected chi connectivity index (χ3v) is 9.04. The summed E-state index contributed by atoms with van der Waals surface area (Å²) < 4.78 is 77.2. The number of benzene rings is 2. The van der Waals surface area contributed by atoms with Crippen LogP contribution in [0.3, 0.4) is 0 Å². The summed E-state index contributed by atoms with van der Waals surface area (Å²) in [6.07, 6.45) is -3.36. The van der Waals surface area contributed by atoms with Crippen molar-refractivity contribution in [3.8, 4) is 5.75 Å². The molecule has 0 N–H and O–H groups in total. The minimum Gasteiger partial charge on any atom is -0.482 e. The van der Waals surface area contributed by atoms with Gasteiger partial charge >= 0.3 is 6.18 Å². The van der Waals surface area contributed by atoms with E-state index < -0.39 is 26.8 Å². The fourth-order valence-electron chi connectivity index (χ4n) is 4.26. The second kappa shape index (κ2) is 11.6. The van der Waals surface area contributed by atoms with Crippen LogP contribution in [0.2, 0.25) is 5.02 Å². The van der Waals surface area contributed by atoms with Gasteiger partial charge in [-0.15, -0.1) is 0 Å². The molecule has 216 valence electrons. The zero-order chi connectivity index (χ0) is 29.3. The lowest BCUT2D eigenvalue weighted by Crippen LogP contribution is -2.48. The molecule has 7 nitrogen and oxygen atoms in total. The number of alkyl halides is 3. The van der Waals surface area contributed by atoms with Crippen molar-refractivity contribution in [1.29, 1.82) is 0 Å². The first kappa shape index (κ1) is 30.1. The SMILES string of the molecule is CC(C)(C)c1ccc(COc2coc(CN3CCN(S(=O)(=O)c4ccc(C(F)(F)F)cc4Cl)CC3)cc2=O)cc1. The Hall–Kier alpha value is -2.86. The highest BCUT2D eigenvalue weighted by Crippen LogP contribution is 2.34. The Bertz CT molecular complexity index is 1510. The van der Waals surface area contributed by atoms with Crippen molar-refractivity contribution in [3.05, 3.63) is 92.5 Å². The Morgan fingerprint density at radius 1 is 0.950 bits per heavy atom. The summed E-state index contributed by atoms with van der Waals surface area (Å²) in [5, 5.41) is -0.483. The van der Waals surface area contributed by atoms with Crippen molar-refractivity contribution < 1.29 is 30.7 Å². The molecule has 1 saturated heterocycles. The average Bonchev–Trinajstić information content (AvgIpc) is 2.87. The van der Waals surface area contributed by atoms with Crippen LogP contribution in [0.25, 0.3) is 0 Å². The van der Waals surface area contributed by atoms with Gasteiger partial charge in [-0.25, -0.2) is 8.42 Å². The first-order valence-electron chi connectivity index (χ1n) is 12.6. The number of ether oxygens (including phenoxy) is 1. The first-order chi connectivity index (χ1) is 18.6. The van der Waals surface area contributed by atoms with Crippen LogP contribution in [0.5, 0.6) is 5.75 Å². The summed E-state index contributed by atoms with van der Waals surface area (Å²) in [4.78, 5) is 14.1. The Labute approximate surface area is 236 Å². The van der Waals surface area contributed by atoms with Crippen molar-refractivity contribution in [3.63, 3.8) is 0 Å². The van der Waals surface area contributed by atoms with E-state index in [1.807, 2.05) is 29.2 Å². The van der Waals surface area contributed by atoms with Gasteiger partial charge in [-0.3, -0.25) is 9.69 Å². The van der Waals surface area contributed by atoms with E-state index in [1.54, 1.807) is 0 Å². The number of hydrogen-bond donors (Lipinski definition) is 0. The quantitative estimate of drug-likeness (QED) is 0.347. The van der Waals surface area contributed by atoms with Crippen LogP contribution < -0.4 is 10.2 Å². The maximum absolute atomic E-state index is 13.0. The van der Waals surface area contributed by atoms with Gasteiger partial charge < -0.3 is 9.15 Å². The largest absolute Gasteiger partial charge is 0.482 e. The highest BCUT2D eigenvalue weighted by molar-refractivity contribution is 7.89. The summed E-state index contributed by atoms with van der Waals surface area (Å²) in [5.74, 6) is 0.488. The molecule has 0 bridgehead atoms. The molecule has 1 fully saturated rings. The lowest BCUT2D eigenvalue weighted by Gasteiger charge is -2.33. The third kappa shape index (κ3) is 7.06. The van der Waals surface area contributed by atoms with E-state index in [-0.39, 0.29) is 47.7 Å². The molecule has 1 aromatic heterocycles. The molecule has 2 heterocycles. The molecule has 2 aromatic carbocycles. The van der Waals surface area contributed by atoms with Gasteiger partial charge in [-0.05, 0) is 34.7 Å². The number of halogens is 4. The molecule has 0 atom stereocenters. The molecule has 0 radical (unpaired) electrons. The highest BCUT2D eigenvalue weighted by atomic mass is 35.5. The lowest BCUT2D eigenvalue weighted by molar-refractivity contribution is -0.137. The van der Waals surface area contributed by atoms with E-state index in [9.17, 15) is 26.4 Å². The second-order valence-corrected chi connectivity index (χ2v) is 12.9. The normalized spacial score (nSPS) is 15.8. The van der Waals surface area contributed by atoms with Gasteiger partial charge in [0.25, 0.3) is 0 Å². The number of hydrogen-bond acceptors (Lipinski definition) is 6. The van der Waals surface area contributed by atoms with Gasteiger partial charge in [0.2, 0.25) is 21.2 Å². The molecule has 0 aliphatic carbocycles. The van der Waals surface area contributed by atoms with E-state index in [1.165, 1.54) is 22.2 Å². The summed E-state index contributed by atoms with van der Waals surface area (Å²) in [7, 11) is -4.09. The van der Waals surface area contributed by atoms with E-state index >= 15 is 0 Å². The molecular weight excluding hydrogens is 569 g/mol. The summed E-state index contributed by atoms with van der Waals surface area (Å²) in [5.41, 5.74) is 0.806. The molecule has 40 heavy (non-hydrogen) atoms. The molecule has 4 rings (SSSR count). The zero-order valence-electron chi connectivity index (χ0n) is 22.3. The number of rotatable bonds is 7. The molecule has 0 spiro atoms. The van der Waals surface area contributed by atoms with Crippen LogP contribution in [0.4, 0.5) is 13.2 Å². The number of nitrogens with zero attached hydrogens (tertiary/aromatic N) is 2. The Morgan fingerprint density at radius 3 is 2.12 bits per heavy atom. The van der Waals surface area contributed by atoms with Crippen molar-refractivity contribution in [1.82, 2.24) is 9.21 Å². The van der Waals surface area contributed by atoms with Gasteiger partial charge in [-0.2, -0.15) is 17.5 Å². The van der Waals surface area contributed by atoms with Crippen LogP contribution in [0.15, 0.2) is 68.9 Å². The molecule has 3 aromatic rings. The van der Waals surface area contributed by atoms with Crippen molar-refractivity contribution >= 4 is 21.6 Å². The second-order valence-electron chi connectivity index (χ2n) is 10.6. The maximum atomic E-state index is 13.0. The van der Waals surface area contributed by atoms with Crippen LogP contribution in [-0.4, -0.2) is 43.8 Å². The minimum atomic E-state index is -4.63. The topological polar surface area (TPSA) is 80.1 Å². The molecule has 12 heteroatoms. The van der Waals surface area contributed by atoms with Gasteiger partial charge in [0, 0.05) is 32.2 Å². The fourth-order valence-corrected chi connectivity index (χ4v) is 6.20.